The van der Waals surface area contributed by atoms with Crippen LogP contribution in [0.4, 0.5) is 0 Å². The Morgan fingerprint density at radius 2 is 2.27 bits per heavy atom. The molecule has 22 heavy (non-hydrogen) atoms. The summed E-state index contributed by atoms with van der Waals surface area (Å²) in [5.74, 6) is -0.105. The Morgan fingerprint density at radius 1 is 1.41 bits per heavy atom. The first-order chi connectivity index (χ1) is 10.6. The molecule has 0 saturated heterocycles. The third-order valence-electron chi connectivity index (χ3n) is 2.95. The van der Waals surface area contributed by atoms with Crippen molar-refractivity contribution in [3.8, 4) is 0 Å². The van der Waals surface area contributed by atoms with Crippen molar-refractivity contribution >= 4 is 34.6 Å². The minimum atomic E-state index is -0.105. The fourth-order valence-corrected chi connectivity index (χ4v) is 2.71. The molecular formula is C14H19N5OS2. The predicted molar refractivity (Wildman–Crippen MR) is 91.4 cm³/mol. The molecule has 0 saturated carbocycles. The van der Waals surface area contributed by atoms with Gasteiger partial charge in [0.1, 0.15) is 0 Å². The zero-order valence-corrected chi connectivity index (χ0v) is 14.0. The van der Waals surface area contributed by atoms with E-state index in [4.69, 9.17) is 12.2 Å². The number of thiocarbonyl (C=S) groups is 1. The normalized spacial score (nSPS) is 10.2. The second kappa shape index (κ2) is 8.50. The molecule has 2 aromatic rings. The van der Waals surface area contributed by atoms with Crippen LogP contribution in [0.2, 0.25) is 0 Å². The Hall–Kier alpha value is -1.93. The van der Waals surface area contributed by atoms with Gasteiger partial charge in [-0.1, -0.05) is 6.07 Å². The summed E-state index contributed by atoms with van der Waals surface area (Å²) in [5, 5.41) is 9.59. The van der Waals surface area contributed by atoms with Crippen LogP contribution in [-0.4, -0.2) is 27.3 Å². The molecule has 0 bridgehead atoms. The first-order valence-electron chi connectivity index (χ1n) is 6.96. The van der Waals surface area contributed by atoms with E-state index < -0.39 is 0 Å². The second-order valence-corrected chi connectivity index (χ2v) is 6.22. The number of carbonyl (C=O) groups is 1. The highest BCUT2D eigenvalue weighted by molar-refractivity contribution is 7.80. The maximum absolute atomic E-state index is 11.7. The lowest BCUT2D eigenvalue weighted by atomic mass is 10.2. The van der Waals surface area contributed by atoms with Crippen molar-refractivity contribution in [2.24, 2.45) is 7.05 Å². The molecule has 0 fully saturated rings. The molecule has 118 valence electrons. The molecule has 2 heterocycles. The zero-order valence-electron chi connectivity index (χ0n) is 12.3. The first kappa shape index (κ1) is 16.4. The van der Waals surface area contributed by atoms with E-state index in [1.807, 2.05) is 24.7 Å². The van der Waals surface area contributed by atoms with Crippen molar-refractivity contribution < 1.29 is 4.79 Å². The fourth-order valence-electron chi connectivity index (χ4n) is 1.85. The Balaban J connectivity index is 1.56. The summed E-state index contributed by atoms with van der Waals surface area (Å²) in [6, 6.07) is 4.11. The molecule has 1 amide bonds. The number of hydrogen-bond donors (Lipinski definition) is 3. The third-order valence-corrected chi connectivity index (χ3v) is 4.13. The highest BCUT2D eigenvalue weighted by Gasteiger charge is 2.04. The van der Waals surface area contributed by atoms with Gasteiger partial charge in [0.15, 0.2) is 5.11 Å². The summed E-state index contributed by atoms with van der Waals surface area (Å²) in [7, 11) is 1.85. The maximum Gasteiger partial charge on any atom is 0.238 e. The molecule has 2 rings (SSSR count). The van der Waals surface area contributed by atoms with Gasteiger partial charge in [0.05, 0.1) is 6.20 Å². The van der Waals surface area contributed by atoms with Gasteiger partial charge in [-0.3, -0.25) is 20.3 Å². The lowest BCUT2D eigenvalue weighted by Gasteiger charge is -2.11. The van der Waals surface area contributed by atoms with Crippen LogP contribution < -0.4 is 16.2 Å². The topological polar surface area (TPSA) is 71.0 Å². The van der Waals surface area contributed by atoms with E-state index in [0.717, 1.165) is 18.5 Å². The molecule has 0 radical (unpaired) electrons. The Labute approximate surface area is 138 Å². The molecule has 3 N–H and O–H groups in total. The number of nitrogens with one attached hydrogen (secondary N) is 3. The van der Waals surface area contributed by atoms with Gasteiger partial charge in [-0.25, -0.2) is 0 Å². The van der Waals surface area contributed by atoms with Crippen molar-refractivity contribution in [1.82, 2.24) is 25.9 Å². The molecule has 0 aliphatic carbocycles. The number of thiophene rings is 1. The molecule has 0 aromatic carbocycles. The van der Waals surface area contributed by atoms with Gasteiger partial charge in [-0.15, -0.1) is 11.3 Å². The van der Waals surface area contributed by atoms with Crippen molar-refractivity contribution in [1.29, 1.82) is 0 Å². The number of aryl methyl sites for hydroxylation is 2. The quantitative estimate of drug-likeness (QED) is 0.545. The number of nitrogens with zero attached hydrogens (tertiary/aromatic N) is 2. The summed E-state index contributed by atoms with van der Waals surface area (Å²) < 4.78 is 1.72. The van der Waals surface area contributed by atoms with Gasteiger partial charge in [0.2, 0.25) is 5.91 Å². The lowest BCUT2D eigenvalue weighted by molar-refractivity contribution is -0.121. The molecule has 0 aliphatic heterocycles. The summed E-state index contributed by atoms with van der Waals surface area (Å²) in [6.07, 6.45) is 5.61. The van der Waals surface area contributed by atoms with Gasteiger partial charge in [-0.2, -0.15) is 5.10 Å². The average molecular weight is 337 g/mol. The number of rotatable bonds is 6. The maximum atomic E-state index is 11.7. The number of aromatic nitrogens is 2. The highest BCUT2D eigenvalue weighted by Crippen LogP contribution is 2.07. The zero-order chi connectivity index (χ0) is 15.8. The molecule has 0 spiro atoms. The van der Waals surface area contributed by atoms with Gasteiger partial charge >= 0.3 is 0 Å². The number of amides is 1. The average Bonchev–Trinajstić information content (AvgIpc) is 3.14. The fraction of sp³-hybridized carbons (Fsp3) is 0.357. The van der Waals surface area contributed by atoms with E-state index in [1.54, 1.807) is 22.2 Å². The summed E-state index contributed by atoms with van der Waals surface area (Å²) >= 11 is 6.82. The van der Waals surface area contributed by atoms with E-state index in [0.29, 0.717) is 18.0 Å². The summed E-state index contributed by atoms with van der Waals surface area (Å²) in [4.78, 5) is 13.0. The lowest BCUT2D eigenvalue weighted by Crippen LogP contribution is -2.47. The van der Waals surface area contributed by atoms with Crippen LogP contribution in [0.5, 0.6) is 0 Å². The molecule has 0 unspecified atom stereocenters. The molecular weight excluding hydrogens is 318 g/mol. The van der Waals surface area contributed by atoms with Gasteiger partial charge < -0.3 is 5.32 Å². The van der Waals surface area contributed by atoms with Gasteiger partial charge in [0.25, 0.3) is 0 Å². The predicted octanol–water partition coefficient (Wildman–Crippen LogP) is 1.15. The SMILES string of the molecule is Cn1cc(CCC(=O)NNC(=S)NCCc2cccs2)cn1. The monoisotopic (exact) mass is 337 g/mol. The van der Waals surface area contributed by atoms with Crippen molar-refractivity contribution in [2.45, 2.75) is 19.3 Å². The highest BCUT2D eigenvalue weighted by atomic mass is 32.1. The minimum absolute atomic E-state index is 0.105. The standard InChI is InChI=1S/C14H19N5OS2/c1-19-10-11(9-16-19)4-5-13(20)17-18-14(21)15-7-6-12-3-2-8-22-12/h2-3,8-10H,4-7H2,1H3,(H,17,20)(H2,15,18,21). The molecule has 0 aliphatic rings. The largest absolute Gasteiger partial charge is 0.361 e. The minimum Gasteiger partial charge on any atom is -0.361 e. The molecule has 8 heteroatoms. The van der Waals surface area contributed by atoms with Gasteiger partial charge in [0, 0.05) is 31.1 Å². The Kier molecular flexibility index (Phi) is 6.35. The van der Waals surface area contributed by atoms with Crippen LogP contribution in [0.3, 0.4) is 0 Å². The van der Waals surface area contributed by atoms with Crippen molar-refractivity contribution in [2.75, 3.05) is 6.54 Å². The first-order valence-corrected chi connectivity index (χ1v) is 8.25. The van der Waals surface area contributed by atoms with Crippen molar-refractivity contribution in [3.05, 3.63) is 40.3 Å². The number of carbonyl (C=O) groups excluding carboxylic acids is 1. The summed E-state index contributed by atoms with van der Waals surface area (Å²) in [6.45, 7) is 0.734. The van der Waals surface area contributed by atoms with E-state index in [-0.39, 0.29) is 5.91 Å². The third kappa shape index (κ3) is 5.82. The smallest absolute Gasteiger partial charge is 0.238 e. The van der Waals surface area contributed by atoms with Crippen molar-refractivity contribution in [3.63, 3.8) is 0 Å². The molecule has 0 atom stereocenters. The van der Waals surface area contributed by atoms with E-state index >= 15 is 0 Å². The number of hydrazine groups is 1. The molecule has 6 nitrogen and oxygen atoms in total. The van der Waals surface area contributed by atoms with Crippen LogP contribution in [0.1, 0.15) is 16.9 Å². The number of hydrogen-bond acceptors (Lipinski definition) is 4. The molecule has 2 aromatic heterocycles. The van der Waals surface area contributed by atoms with E-state index in [9.17, 15) is 4.79 Å². The summed E-state index contributed by atoms with van der Waals surface area (Å²) in [5.41, 5.74) is 6.33. The second-order valence-electron chi connectivity index (χ2n) is 4.78. The van der Waals surface area contributed by atoms with E-state index in [2.05, 4.69) is 27.3 Å². The van der Waals surface area contributed by atoms with E-state index in [1.165, 1.54) is 4.88 Å². The van der Waals surface area contributed by atoms with Crippen LogP contribution in [0.25, 0.3) is 0 Å². The van der Waals surface area contributed by atoms with Crippen LogP contribution in [-0.2, 0) is 24.7 Å². The Bertz CT molecular complexity index is 609. The Morgan fingerprint density at radius 3 is 2.95 bits per heavy atom. The van der Waals surface area contributed by atoms with Crippen LogP contribution >= 0.6 is 23.6 Å². The van der Waals surface area contributed by atoms with Gasteiger partial charge in [-0.05, 0) is 42.1 Å². The van der Waals surface area contributed by atoms with Crippen LogP contribution in [0.15, 0.2) is 29.9 Å². The van der Waals surface area contributed by atoms with Crippen LogP contribution in [0, 0.1) is 0 Å².